The quantitative estimate of drug-likeness (QED) is 0.799. The highest BCUT2D eigenvalue weighted by Gasteiger charge is 2.14. The Morgan fingerprint density at radius 3 is 3.19 bits per heavy atom. The molecule has 1 aliphatic rings. The van der Waals surface area contributed by atoms with Crippen molar-refractivity contribution in [3.05, 3.63) is 18.2 Å². The monoisotopic (exact) mass is 225 g/mol. The second kappa shape index (κ2) is 5.98. The molecule has 90 valence electrons. The number of ether oxygens (including phenoxy) is 2. The molecule has 5 nitrogen and oxygen atoms in total. The molecule has 0 spiro atoms. The van der Waals surface area contributed by atoms with Gasteiger partial charge in [0.15, 0.2) is 0 Å². The maximum absolute atomic E-state index is 5.59. The van der Waals surface area contributed by atoms with Gasteiger partial charge in [-0.3, -0.25) is 4.90 Å². The molecule has 0 aromatic carbocycles. The molecule has 0 bridgehead atoms. The maximum atomic E-state index is 5.59. The second-order valence-electron chi connectivity index (χ2n) is 4.13. The SMILES string of the molecule is CN(CCC1COCCO1)Cc1ncc[nH]1. The van der Waals surface area contributed by atoms with E-state index in [1.165, 1.54) is 0 Å². The van der Waals surface area contributed by atoms with E-state index in [0.29, 0.717) is 0 Å². The fraction of sp³-hybridized carbons (Fsp3) is 0.727. The first-order valence-corrected chi connectivity index (χ1v) is 5.71. The van der Waals surface area contributed by atoms with Gasteiger partial charge in [0.25, 0.3) is 0 Å². The first kappa shape index (κ1) is 11.6. The van der Waals surface area contributed by atoms with Gasteiger partial charge in [-0.1, -0.05) is 0 Å². The van der Waals surface area contributed by atoms with Gasteiger partial charge in [0.1, 0.15) is 5.82 Å². The molecule has 16 heavy (non-hydrogen) atoms. The lowest BCUT2D eigenvalue weighted by molar-refractivity contribution is -0.0924. The van der Waals surface area contributed by atoms with Crippen LogP contribution < -0.4 is 0 Å². The summed E-state index contributed by atoms with van der Waals surface area (Å²) in [6.45, 7) is 4.04. The Kier molecular flexibility index (Phi) is 4.33. The smallest absolute Gasteiger partial charge is 0.120 e. The van der Waals surface area contributed by atoms with Crippen molar-refractivity contribution >= 4 is 0 Å². The van der Waals surface area contributed by atoms with Crippen molar-refractivity contribution in [1.82, 2.24) is 14.9 Å². The van der Waals surface area contributed by atoms with Gasteiger partial charge in [-0.05, 0) is 13.5 Å². The molecule has 1 unspecified atom stereocenters. The predicted molar refractivity (Wildman–Crippen MR) is 60.1 cm³/mol. The molecular formula is C11H19N3O2. The van der Waals surface area contributed by atoms with Crippen molar-refractivity contribution in [2.45, 2.75) is 19.1 Å². The summed E-state index contributed by atoms with van der Waals surface area (Å²) >= 11 is 0. The van der Waals surface area contributed by atoms with E-state index >= 15 is 0 Å². The minimum Gasteiger partial charge on any atom is -0.376 e. The van der Waals surface area contributed by atoms with Crippen LogP contribution in [0.1, 0.15) is 12.2 Å². The van der Waals surface area contributed by atoms with Crippen molar-refractivity contribution in [1.29, 1.82) is 0 Å². The van der Waals surface area contributed by atoms with Gasteiger partial charge < -0.3 is 14.5 Å². The lowest BCUT2D eigenvalue weighted by Crippen LogP contribution is -2.32. The third kappa shape index (κ3) is 3.59. The third-order valence-electron chi connectivity index (χ3n) is 2.69. The van der Waals surface area contributed by atoms with Gasteiger partial charge in [0.2, 0.25) is 0 Å². The zero-order valence-electron chi connectivity index (χ0n) is 9.69. The van der Waals surface area contributed by atoms with E-state index < -0.39 is 0 Å². The average Bonchev–Trinajstić information content (AvgIpc) is 2.81. The van der Waals surface area contributed by atoms with Crippen molar-refractivity contribution in [3.8, 4) is 0 Å². The van der Waals surface area contributed by atoms with E-state index in [9.17, 15) is 0 Å². The standard InChI is InChI=1S/C11H19N3O2/c1-14(8-11-12-3-4-13-11)5-2-10-9-15-6-7-16-10/h3-4,10H,2,5-9H2,1H3,(H,12,13). The lowest BCUT2D eigenvalue weighted by atomic mass is 10.2. The van der Waals surface area contributed by atoms with Crippen LogP contribution in [-0.4, -0.2) is 54.4 Å². The summed E-state index contributed by atoms with van der Waals surface area (Å²) in [5.41, 5.74) is 0. The molecule has 0 radical (unpaired) electrons. The Balaban J connectivity index is 1.65. The minimum absolute atomic E-state index is 0.257. The molecule has 1 aromatic rings. The summed E-state index contributed by atoms with van der Waals surface area (Å²) in [6.07, 6.45) is 4.90. The fourth-order valence-corrected chi connectivity index (χ4v) is 1.79. The Bertz CT molecular complexity index is 283. The number of imidazole rings is 1. The Morgan fingerprint density at radius 2 is 2.50 bits per heavy atom. The van der Waals surface area contributed by atoms with E-state index in [1.807, 2.05) is 6.20 Å². The van der Waals surface area contributed by atoms with Crippen molar-refractivity contribution in [2.24, 2.45) is 0 Å². The number of nitrogens with zero attached hydrogens (tertiary/aromatic N) is 2. The zero-order chi connectivity index (χ0) is 11.2. The van der Waals surface area contributed by atoms with Crippen LogP contribution >= 0.6 is 0 Å². The molecule has 1 fully saturated rings. The molecule has 0 aliphatic carbocycles. The van der Waals surface area contributed by atoms with Crippen molar-refractivity contribution in [3.63, 3.8) is 0 Å². The van der Waals surface area contributed by atoms with Crippen LogP contribution in [0.2, 0.25) is 0 Å². The first-order chi connectivity index (χ1) is 7.84. The molecule has 1 N–H and O–H groups in total. The van der Waals surface area contributed by atoms with Gasteiger partial charge in [-0.15, -0.1) is 0 Å². The molecular weight excluding hydrogens is 206 g/mol. The fourth-order valence-electron chi connectivity index (χ4n) is 1.79. The summed E-state index contributed by atoms with van der Waals surface area (Å²) in [5, 5.41) is 0. The maximum Gasteiger partial charge on any atom is 0.120 e. The Hall–Kier alpha value is -0.910. The number of H-pyrrole nitrogens is 1. The van der Waals surface area contributed by atoms with E-state index in [-0.39, 0.29) is 6.10 Å². The van der Waals surface area contributed by atoms with E-state index in [1.54, 1.807) is 6.20 Å². The number of hydrogen-bond donors (Lipinski definition) is 1. The second-order valence-corrected chi connectivity index (χ2v) is 4.13. The summed E-state index contributed by atoms with van der Waals surface area (Å²) in [6, 6.07) is 0. The Labute approximate surface area is 95.8 Å². The molecule has 1 aromatic heterocycles. The molecule has 5 heteroatoms. The van der Waals surface area contributed by atoms with E-state index in [4.69, 9.17) is 9.47 Å². The number of aromatic nitrogens is 2. The van der Waals surface area contributed by atoms with Gasteiger partial charge in [-0.2, -0.15) is 0 Å². The molecule has 1 saturated heterocycles. The number of rotatable bonds is 5. The van der Waals surface area contributed by atoms with Crippen LogP contribution in [0.15, 0.2) is 12.4 Å². The molecule has 2 heterocycles. The van der Waals surface area contributed by atoms with E-state index in [2.05, 4.69) is 21.9 Å². The summed E-state index contributed by atoms with van der Waals surface area (Å²) in [5.74, 6) is 1.00. The normalized spacial score (nSPS) is 21.5. The summed E-state index contributed by atoms with van der Waals surface area (Å²) < 4.78 is 10.9. The molecule has 1 aliphatic heterocycles. The summed E-state index contributed by atoms with van der Waals surface area (Å²) in [4.78, 5) is 9.53. The van der Waals surface area contributed by atoms with Crippen molar-refractivity contribution < 1.29 is 9.47 Å². The van der Waals surface area contributed by atoms with Crippen molar-refractivity contribution in [2.75, 3.05) is 33.4 Å². The number of nitrogens with one attached hydrogen (secondary N) is 1. The Morgan fingerprint density at radius 1 is 1.56 bits per heavy atom. The number of hydrogen-bond acceptors (Lipinski definition) is 4. The lowest BCUT2D eigenvalue weighted by Gasteiger charge is -2.25. The van der Waals surface area contributed by atoms with Crippen LogP contribution in [0.25, 0.3) is 0 Å². The molecule has 0 saturated carbocycles. The largest absolute Gasteiger partial charge is 0.376 e. The zero-order valence-corrected chi connectivity index (χ0v) is 9.69. The predicted octanol–water partition coefficient (Wildman–Crippen LogP) is 0.647. The van der Waals surface area contributed by atoms with Crippen LogP contribution in [0, 0.1) is 0 Å². The van der Waals surface area contributed by atoms with Gasteiger partial charge in [0.05, 0.1) is 32.5 Å². The van der Waals surface area contributed by atoms with Crippen LogP contribution in [0.3, 0.4) is 0 Å². The highest BCUT2D eigenvalue weighted by molar-refractivity contribution is 4.86. The first-order valence-electron chi connectivity index (χ1n) is 5.71. The topological polar surface area (TPSA) is 50.4 Å². The average molecular weight is 225 g/mol. The van der Waals surface area contributed by atoms with Crippen LogP contribution in [0.5, 0.6) is 0 Å². The van der Waals surface area contributed by atoms with Gasteiger partial charge >= 0.3 is 0 Å². The number of aromatic amines is 1. The minimum atomic E-state index is 0.257. The van der Waals surface area contributed by atoms with Gasteiger partial charge in [-0.25, -0.2) is 4.98 Å². The highest BCUT2D eigenvalue weighted by atomic mass is 16.6. The highest BCUT2D eigenvalue weighted by Crippen LogP contribution is 2.06. The summed E-state index contributed by atoms with van der Waals surface area (Å²) in [7, 11) is 2.09. The van der Waals surface area contributed by atoms with E-state index in [0.717, 1.165) is 45.2 Å². The molecule has 0 amide bonds. The molecule has 2 rings (SSSR count). The van der Waals surface area contributed by atoms with Gasteiger partial charge in [0, 0.05) is 18.9 Å². The van der Waals surface area contributed by atoms with Crippen LogP contribution in [-0.2, 0) is 16.0 Å². The van der Waals surface area contributed by atoms with Crippen LogP contribution in [0.4, 0.5) is 0 Å². The molecule has 1 atom stereocenters. The third-order valence-corrected chi connectivity index (χ3v) is 2.69.